The van der Waals surface area contributed by atoms with Crippen LogP contribution in [0.2, 0.25) is 0 Å². The minimum atomic E-state index is -1.11. The van der Waals surface area contributed by atoms with Gasteiger partial charge in [0.2, 0.25) is 5.91 Å². The average molecular weight is 388 g/mol. The minimum Gasteiger partial charge on any atom is -0.497 e. The van der Waals surface area contributed by atoms with E-state index < -0.39 is 12.2 Å². The quantitative estimate of drug-likeness (QED) is 0.789. The first-order valence-corrected chi connectivity index (χ1v) is 9.58. The summed E-state index contributed by atoms with van der Waals surface area (Å²) in [6, 6.07) is 13.1. The molecule has 150 valence electrons. The molecule has 1 aliphatic rings. The van der Waals surface area contributed by atoms with Gasteiger partial charge in [-0.05, 0) is 54.8 Å². The van der Waals surface area contributed by atoms with Crippen LogP contribution >= 0.6 is 0 Å². The van der Waals surface area contributed by atoms with Crippen molar-refractivity contribution in [2.75, 3.05) is 20.2 Å². The summed E-state index contributed by atoms with van der Waals surface area (Å²) in [5, 5.41) is 3.02. The Bertz CT molecular complexity index is 765. The molecular formula is C22H26F2N2O2. The third-order valence-electron chi connectivity index (χ3n) is 5.15. The van der Waals surface area contributed by atoms with Gasteiger partial charge in [-0.2, -0.15) is 0 Å². The summed E-state index contributed by atoms with van der Waals surface area (Å²) < 4.78 is 32.9. The maximum Gasteiger partial charge on any atom is 0.223 e. The molecule has 2 aromatic rings. The van der Waals surface area contributed by atoms with E-state index in [4.69, 9.17) is 4.74 Å². The molecule has 28 heavy (non-hydrogen) atoms. The predicted molar refractivity (Wildman–Crippen MR) is 104 cm³/mol. The van der Waals surface area contributed by atoms with Crippen molar-refractivity contribution >= 4 is 5.91 Å². The van der Waals surface area contributed by atoms with Crippen molar-refractivity contribution in [1.82, 2.24) is 10.2 Å². The number of nitrogens with one attached hydrogen (secondary N) is 1. The van der Waals surface area contributed by atoms with E-state index in [0.717, 1.165) is 16.9 Å². The van der Waals surface area contributed by atoms with E-state index in [1.807, 2.05) is 24.3 Å². The largest absolute Gasteiger partial charge is 0.497 e. The van der Waals surface area contributed by atoms with Crippen LogP contribution in [-0.2, 0) is 17.8 Å². The summed E-state index contributed by atoms with van der Waals surface area (Å²) in [5.74, 6) is 0.351. The van der Waals surface area contributed by atoms with Gasteiger partial charge in [-0.3, -0.25) is 4.79 Å². The zero-order valence-electron chi connectivity index (χ0n) is 16.0. The van der Waals surface area contributed by atoms with E-state index in [2.05, 4.69) is 5.32 Å². The van der Waals surface area contributed by atoms with Crippen LogP contribution in [0, 0.1) is 5.82 Å². The number of amides is 1. The molecule has 1 fully saturated rings. The SMILES string of the molecule is COc1ccc(CCC(=O)N(Cc2ccc(F)cc2)[C@H]2CCNC[C@H]2F)cc1. The normalized spacial score (nSPS) is 19.2. The zero-order chi connectivity index (χ0) is 19.9. The van der Waals surface area contributed by atoms with Gasteiger partial charge in [-0.15, -0.1) is 0 Å². The number of alkyl halides is 1. The molecule has 2 aromatic carbocycles. The smallest absolute Gasteiger partial charge is 0.223 e. The van der Waals surface area contributed by atoms with Gasteiger partial charge in [-0.1, -0.05) is 24.3 Å². The number of piperidine rings is 1. The maximum absolute atomic E-state index is 14.5. The molecule has 6 heteroatoms. The Morgan fingerprint density at radius 1 is 1.14 bits per heavy atom. The standard InChI is InChI=1S/C22H26F2N2O2/c1-28-19-9-4-16(5-10-19)6-11-22(27)26(21-12-13-25-14-20(21)24)15-17-2-7-18(23)8-3-17/h2-5,7-10,20-21,25H,6,11-15H2,1H3/t20-,21+/m1/s1. The van der Waals surface area contributed by atoms with Gasteiger partial charge in [0.05, 0.1) is 13.2 Å². The van der Waals surface area contributed by atoms with E-state index in [0.29, 0.717) is 25.8 Å². The van der Waals surface area contributed by atoms with Crippen molar-refractivity contribution < 1.29 is 18.3 Å². The van der Waals surface area contributed by atoms with Gasteiger partial charge in [0.1, 0.15) is 17.7 Å². The minimum absolute atomic E-state index is 0.0882. The molecule has 0 aliphatic carbocycles. The first kappa shape index (κ1) is 20.3. The number of carbonyl (C=O) groups excluding carboxylic acids is 1. The monoisotopic (exact) mass is 388 g/mol. The molecule has 1 aliphatic heterocycles. The van der Waals surface area contributed by atoms with Crippen molar-refractivity contribution in [2.24, 2.45) is 0 Å². The van der Waals surface area contributed by atoms with E-state index in [1.54, 1.807) is 24.1 Å². The molecule has 0 aromatic heterocycles. The highest BCUT2D eigenvalue weighted by Gasteiger charge is 2.32. The molecular weight excluding hydrogens is 362 g/mol. The highest BCUT2D eigenvalue weighted by atomic mass is 19.1. The number of benzene rings is 2. The third-order valence-corrected chi connectivity index (χ3v) is 5.15. The summed E-state index contributed by atoms with van der Waals surface area (Å²) in [6.07, 6.45) is 0.324. The fourth-order valence-corrected chi connectivity index (χ4v) is 3.52. The van der Waals surface area contributed by atoms with Crippen molar-refractivity contribution in [1.29, 1.82) is 0 Å². The van der Waals surface area contributed by atoms with E-state index in [9.17, 15) is 13.6 Å². The molecule has 2 atom stereocenters. The molecule has 1 saturated heterocycles. The number of hydrogen-bond donors (Lipinski definition) is 1. The summed E-state index contributed by atoms with van der Waals surface area (Å²) in [6.45, 7) is 1.21. The molecule has 3 rings (SSSR count). The summed E-state index contributed by atoms with van der Waals surface area (Å²) in [4.78, 5) is 14.6. The van der Waals surface area contributed by atoms with Crippen LogP contribution in [0.25, 0.3) is 0 Å². The lowest BCUT2D eigenvalue weighted by Crippen LogP contribution is -2.52. The summed E-state index contributed by atoms with van der Waals surface area (Å²) in [7, 11) is 1.61. The Kier molecular flexibility index (Phi) is 6.98. The van der Waals surface area contributed by atoms with E-state index in [1.165, 1.54) is 12.1 Å². The zero-order valence-corrected chi connectivity index (χ0v) is 16.0. The molecule has 0 radical (unpaired) electrons. The Morgan fingerprint density at radius 3 is 2.46 bits per heavy atom. The van der Waals surface area contributed by atoms with Crippen LogP contribution in [0.5, 0.6) is 5.75 Å². The first-order valence-electron chi connectivity index (χ1n) is 9.58. The number of methoxy groups -OCH3 is 1. The number of halogens is 2. The van der Waals surface area contributed by atoms with Crippen molar-refractivity contribution in [3.8, 4) is 5.75 Å². The lowest BCUT2D eigenvalue weighted by Gasteiger charge is -2.37. The van der Waals surface area contributed by atoms with Gasteiger partial charge in [0.15, 0.2) is 0 Å². The number of hydrogen-bond acceptors (Lipinski definition) is 3. The Morgan fingerprint density at radius 2 is 1.82 bits per heavy atom. The first-order chi connectivity index (χ1) is 13.6. The molecule has 0 saturated carbocycles. The lowest BCUT2D eigenvalue weighted by atomic mass is 10.0. The number of rotatable bonds is 7. The molecule has 0 bridgehead atoms. The Labute approximate surface area is 164 Å². The summed E-state index contributed by atoms with van der Waals surface area (Å²) in [5.41, 5.74) is 1.82. The second-order valence-electron chi connectivity index (χ2n) is 7.07. The van der Waals surface area contributed by atoms with Crippen LogP contribution in [0.3, 0.4) is 0 Å². The van der Waals surface area contributed by atoms with Gasteiger partial charge >= 0.3 is 0 Å². The van der Waals surface area contributed by atoms with Gasteiger partial charge in [0, 0.05) is 19.5 Å². The van der Waals surface area contributed by atoms with Crippen molar-refractivity contribution in [2.45, 2.75) is 38.0 Å². The third kappa shape index (κ3) is 5.29. The number of nitrogens with zero attached hydrogens (tertiary/aromatic N) is 1. The molecule has 4 nitrogen and oxygen atoms in total. The lowest BCUT2D eigenvalue weighted by molar-refractivity contribution is -0.136. The van der Waals surface area contributed by atoms with Crippen molar-refractivity contribution in [3.63, 3.8) is 0 Å². The van der Waals surface area contributed by atoms with Gasteiger partial charge < -0.3 is 15.0 Å². The number of ether oxygens (including phenoxy) is 1. The second-order valence-corrected chi connectivity index (χ2v) is 7.07. The molecule has 1 amide bonds. The van der Waals surface area contributed by atoms with Crippen LogP contribution < -0.4 is 10.1 Å². The molecule has 1 N–H and O–H groups in total. The van der Waals surface area contributed by atoms with Gasteiger partial charge in [0.25, 0.3) is 0 Å². The predicted octanol–water partition coefficient (Wildman–Crippen LogP) is 3.50. The fraction of sp³-hybridized carbons (Fsp3) is 0.409. The second kappa shape index (κ2) is 9.64. The highest BCUT2D eigenvalue weighted by Crippen LogP contribution is 2.21. The van der Waals surface area contributed by atoms with Crippen LogP contribution in [0.15, 0.2) is 48.5 Å². The maximum atomic E-state index is 14.5. The average Bonchev–Trinajstić information content (AvgIpc) is 2.72. The molecule has 1 heterocycles. The number of aryl methyl sites for hydroxylation is 1. The summed E-state index contributed by atoms with van der Waals surface area (Å²) >= 11 is 0. The molecule has 0 spiro atoms. The van der Waals surface area contributed by atoms with Crippen LogP contribution in [0.4, 0.5) is 8.78 Å². The van der Waals surface area contributed by atoms with Gasteiger partial charge in [-0.25, -0.2) is 8.78 Å². The fourth-order valence-electron chi connectivity index (χ4n) is 3.52. The van der Waals surface area contributed by atoms with Crippen LogP contribution in [0.1, 0.15) is 24.0 Å². The Hall–Kier alpha value is -2.47. The Balaban J connectivity index is 1.70. The highest BCUT2D eigenvalue weighted by molar-refractivity contribution is 5.77. The van der Waals surface area contributed by atoms with E-state index >= 15 is 0 Å². The van der Waals surface area contributed by atoms with E-state index in [-0.39, 0.29) is 24.8 Å². The van der Waals surface area contributed by atoms with Crippen LogP contribution in [-0.4, -0.2) is 43.2 Å². The topological polar surface area (TPSA) is 41.6 Å². The molecule has 0 unspecified atom stereocenters. The number of carbonyl (C=O) groups is 1. The van der Waals surface area contributed by atoms with Crippen molar-refractivity contribution in [3.05, 3.63) is 65.5 Å².